The Morgan fingerprint density at radius 1 is 1.22 bits per heavy atom. The summed E-state index contributed by atoms with van der Waals surface area (Å²) in [6.07, 6.45) is 1.76. The number of aryl methyl sites for hydroxylation is 1. The van der Waals surface area contributed by atoms with Crippen LogP contribution in [0.1, 0.15) is 12.0 Å². The van der Waals surface area contributed by atoms with Gasteiger partial charge in [-0.2, -0.15) is 0 Å². The number of carbonyl (C=O) groups is 2. The lowest BCUT2D eigenvalue weighted by Crippen LogP contribution is -2.25. The van der Waals surface area contributed by atoms with Gasteiger partial charge in [0.2, 0.25) is 0 Å². The highest BCUT2D eigenvalue weighted by Gasteiger charge is 2.31. The SMILES string of the molecule is CN1C(=O)NC(=NCCCc2ccccc2)C1=O. The number of likely N-dealkylation sites (N-methyl/N-ethyl adjacent to an activating group) is 1. The van der Waals surface area contributed by atoms with Gasteiger partial charge in [-0.25, -0.2) is 4.79 Å². The highest BCUT2D eigenvalue weighted by molar-refractivity contribution is 6.46. The minimum atomic E-state index is -0.415. The van der Waals surface area contributed by atoms with Crippen molar-refractivity contribution in [1.29, 1.82) is 0 Å². The van der Waals surface area contributed by atoms with Crippen molar-refractivity contribution in [3.8, 4) is 0 Å². The molecule has 0 aliphatic carbocycles. The number of nitrogens with one attached hydrogen (secondary N) is 1. The van der Waals surface area contributed by atoms with Crippen molar-refractivity contribution in [2.75, 3.05) is 13.6 Å². The summed E-state index contributed by atoms with van der Waals surface area (Å²) in [6, 6.07) is 9.68. The van der Waals surface area contributed by atoms with Gasteiger partial charge in [0.05, 0.1) is 0 Å². The summed E-state index contributed by atoms with van der Waals surface area (Å²) < 4.78 is 0. The minimum absolute atomic E-state index is 0.149. The summed E-state index contributed by atoms with van der Waals surface area (Å²) in [5.74, 6) is -0.213. The van der Waals surface area contributed by atoms with Gasteiger partial charge in [-0.15, -0.1) is 0 Å². The first-order chi connectivity index (χ1) is 8.68. The van der Waals surface area contributed by atoms with Crippen LogP contribution >= 0.6 is 0 Å². The number of benzene rings is 1. The lowest BCUT2D eigenvalue weighted by atomic mass is 10.1. The standard InChI is InChI=1S/C13H15N3O2/c1-16-12(17)11(15-13(16)18)14-9-5-8-10-6-3-2-4-7-10/h2-4,6-7H,5,8-9H2,1H3,(H,14,15,18). The fourth-order valence-corrected chi connectivity index (χ4v) is 1.72. The Balaban J connectivity index is 1.82. The van der Waals surface area contributed by atoms with Crippen molar-refractivity contribution in [1.82, 2.24) is 10.2 Å². The molecule has 0 unspecified atom stereocenters. The van der Waals surface area contributed by atoms with Crippen LogP contribution in [0.25, 0.3) is 0 Å². The first-order valence-electron chi connectivity index (χ1n) is 5.86. The lowest BCUT2D eigenvalue weighted by molar-refractivity contribution is -0.119. The van der Waals surface area contributed by atoms with Crippen LogP contribution in [0.2, 0.25) is 0 Å². The molecule has 1 aliphatic rings. The van der Waals surface area contributed by atoms with E-state index in [1.165, 1.54) is 12.6 Å². The number of amidine groups is 1. The molecule has 0 spiro atoms. The van der Waals surface area contributed by atoms with E-state index in [-0.39, 0.29) is 11.7 Å². The van der Waals surface area contributed by atoms with Gasteiger partial charge in [-0.3, -0.25) is 20.0 Å². The molecule has 94 valence electrons. The largest absolute Gasteiger partial charge is 0.329 e. The van der Waals surface area contributed by atoms with Gasteiger partial charge < -0.3 is 0 Å². The molecule has 1 aliphatic heterocycles. The van der Waals surface area contributed by atoms with E-state index in [4.69, 9.17) is 0 Å². The minimum Gasteiger partial charge on any atom is -0.287 e. The molecular formula is C13H15N3O2. The lowest BCUT2D eigenvalue weighted by Gasteiger charge is -2.00. The maximum absolute atomic E-state index is 11.5. The molecule has 1 aromatic rings. The first-order valence-corrected chi connectivity index (χ1v) is 5.86. The Morgan fingerprint density at radius 3 is 2.56 bits per heavy atom. The van der Waals surface area contributed by atoms with Crippen LogP contribution in [-0.2, 0) is 11.2 Å². The average Bonchev–Trinajstić information content (AvgIpc) is 2.64. The number of imide groups is 1. The van der Waals surface area contributed by atoms with Gasteiger partial charge >= 0.3 is 6.03 Å². The van der Waals surface area contributed by atoms with Crippen molar-refractivity contribution in [2.45, 2.75) is 12.8 Å². The van der Waals surface area contributed by atoms with Crippen LogP contribution in [0.3, 0.4) is 0 Å². The predicted octanol–water partition coefficient (Wildman–Crippen LogP) is 1.20. The van der Waals surface area contributed by atoms with E-state index >= 15 is 0 Å². The zero-order valence-corrected chi connectivity index (χ0v) is 10.2. The third-order valence-electron chi connectivity index (χ3n) is 2.77. The number of nitrogens with zero attached hydrogens (tertiary/aromatic N) is 2. The van der Waals surface area contributed by atoms with E-state index in [1.54, 1.807) is 0 Å². The molecule has 1 saturated heterocycles. The average molecular weight is 245 g/mol. The summed E-state index contributed by atoms with van der Waals surface area (Å²) in [4.78, 5) is 27.8. The summed E-state index contributed by atoms with van der Waals surface area (Å²) >= 11 is 0. The molecule has 0 atom stereocenters. The van der Waals surface area contributed by atoms with Crippen molar-refractivity contribution >= 4 is 17.8 Å². The van der Waals surface area contributed by atoms with Crippen LogP contribution in [0, 0.1) is 0 Å². The Labute approximate surface area is 106 Å². The van der Waals surface area contributed by atoms with Gasteiger partial charge in [0.1, 0.15) is 0 Å². The summed E-state index contributed by atoms with van der Waals surface area (Å²) in [5.41, 5.74) is 1.25. The molecule has 3 amide bonds. The summed E-state index contributed by atoms with van der Waals surface area (Å²) in [7, 11) is 1.43. The fraction of sp³-hybridized carbons (Fsp3) is 0.308. The Bertz CT molecular complexity index is 482. The number of amides is 3. The fourth-order valence-electron chi connectivity index (χ4n) is 1.72. The number of urea groups is 1. The van der Waals surface area contributed by atoms with E-state index in [1.807, 2.05) is 18.2 Å². The monoisotopic (exact) mass is 245 g/mol. The molecule has 0 aromatic heterocycles. The smallest absolute Gasteiger partial charge is 0.287 e. The Morgan fingerprint density at radius 2 is 1.94 bits per heavy atom. The molecule has 2 rings (SSSR count). The van der Waals surface area contributed by atoms with Gasteiger partial charge in [-0.1, -0.05) is 30.3 Å². The van der Waals surface area contributed by atoms with Crippen LogP contribution in [0.4, 0.5) is 4.79 Å². The zero-order valence-electron chi connectivity index (χ0n) is 10.2. The normalized spacial score (nSPS) is 17.4. The maximum Gasteiger partial charge on any atom is 0.329 e. The number of rotatable bonds is 4. The van der Waals surface area contributed by atoms with Crippen molar-refractivity contribution in [2.24, 2.45) is 4.99 Å². The molecule has 1 N–H and O–H groups in total. The van der Waals surface area contributed by atoms with Crippen molar-refractivity contribution in [3.05, 3.63) is 35.9 Å². The quantitative estimate of drug-likeness (QED) is 0.640. The third kappa shape index (κ3) is 2.74. The van der Waals surface area contributed by atoms with E-state index in [0.717, 1.165) is 17.7 Å². The first kappa shape index (κ1) is 12.3. The zero-order chi connectivity index (χ0) is 13.0. The molecule has 5 nitrogen and oxygen atoms in total. The predicted molar refractivity (Wildman–Crippen MR) is 68.4 cm³/mol. The van der Waals surface area contributed by atoms with Gasteiger partial charge in [0.15, 0.2) is 5.84 Å². The summed E-state index contributed by atoms with van der Waals surface area (Å²) in [5, 5.41) is 2.44. The number of hydrogen-bond donors (Lipinski definition) is 1. The summed E-state index contributed by atoms with van der Waals surface area (Å²) in [6.45, 7) is 0.532. The van der Waals surface area contributed by atoms with Crippen LogP contribution in [0.5, 0.6) is 0 Å². The maximum atomic E-state index is 11.5. The van der Waals surface area contributed by atoms with E-state index in [2.05, 4.69) is 22.4 Å². The van der Waals surface area contributed by atoms with Crippen molar-refractivity contribution in [3.63, 3.8) is 0 Å². The van der Waals surface area contributed by atoms with E-state index < -0.39 is 6.03 Å². The van der Waals surface area contributed by atoms with Crippen molar-refractivity contribution < 1.29 is 9.59 Å². The molecular weight excluding hydrogens is 230 g/mol. The molecule has 1 heterocycles. The molecule has 1 fully saturated rings. The Hall–Kier alpha value is -2.17. The van der Waals surface area contributed by atoms with E-state index in [9.17, 15) is 9.59 Å². The topological polar surface area (TPSA) is 61.8 Å². The third-order valence-corrected chi connectivity index (χ3v) is 2.77. The van der Waals surface area contributed by atoms with Crippen LogP contribution in [0.15, 0.2) is 35.3 Å². The van der Waals surface area contributed by atoms with Crippen LogP contribution in [-0.4, -0.2) is 36.3 Å². The number of carbonyl (C=O) groups excluding carboxylic acids is 2. The van der Waals surface area contributed by atoms with E-state index in [0.29, 0.717) is 6.54 Å². The van der Waals surface area contributed by atoms with Gasteiger partial charge in [-0.05, 0) is 18.4 Å². The highest BCUT2D eigenvalue weighted by Crippen LogP contribution is 2.03. The highest BCUT2D eigenvalue weighted by atomic mass is 16.2. The molecule has 5 heteroatoms. The number of hydrogen-bond acceptors (Lipinski definition) is 3. The second-order valence-corrected chi connectivity index (χ2v) is 4.11. The molecule has 0 saturated carbocycles. The molecule has 0 bridgehead atoms. The second kappa shape index (κ2) is 5.44. The Kier molecular flexibility index (Phi) is 3.72. The van der Waals surface area contributed by atoms with Crippen LogP contribution < -0.4 is 5.32 Å². The second-order valence-electron chi connectivity index (χ2n) is 4.11. The molecule has 0 radical (unpaired) electrons. The number of aliphatic imine (C=N–C) groups is 1. The van der Waals surface area contributed by atoms with Gasteiger partial charge in [0.25, 0.3) is 5.91 Å². The molecule has 18 heavy (non-hydrogen) atoms. The molecule has 1 aromatic carbocycles. The van der Waals surface area contributed by atoms with Gasteiger partial charge in [0, 0.05) is 13.6 Å².